The largest absolute Gasteiger partial charge is 0.444 e. The van der Waals surface area contributed by atoms with Crippen molar-refractivity contribution in [2.24, 2.45) is 0 Å². The van der Waals surface area contributed by atoms with E-state index < -0.39 is 5.60 Å². The Balaban J connectivity index is 0.000000186. The van der Waals surface area contributed by atoms with E-state index in [4.69, 9.17) is 4.74 Å². The standard InChI is InChI=1S/C18H26N6O2.C13H18N6/c1-13-5-6-14(15(11-13)16-19-21-22-20-16)12-23-7-9-24(10-8-23)17(25)26-18(2,3)4;1-10-2-3-11(9-19-6-4-14-5-7-19)12(8-10)13-15-17-18-16-13/h5-6,11H,7-10,12H2,1-4H3,(H,19,20,21,22);2-3,8,14H,4-7,9H2,1H3,(H,15,16,17,18). The van der Waals surface area contributed by atoms with E-state index in [1.165, 1.54) is 11.1 Å². The molecule has 0 radical (unpaired) electrons. The first-order valence-electron chi connectivity index (χ1n) is 15.4. The van der Waals surface area contributed by atoms with Crippen LogP contribution in [0.4, 0.5) is 4.79 Å². The normalized spacial score (nSPS) is 16.2. The third-order valence-electron chi connectivity index (χ3n) is 7.72. The lowest BCUT2D eigenvalue weighted by molar-refractivity contribution is 0.0139. The maximum absolute atomic E-state index is 12.2. The monoisotopic (exact) mass is 616 g/mol. The minimum atomic E-state index is -0.463. The number of hydrogen-bond acceptors (Lipinski definition) is 11. The molecule has 0 atom stereocenters. The van der Waals surface area contributed by atoms with Gasteiger partial charge in [0.25, 0.3) is 0 Å². The molecule has 4 heterocycles. The molecule has 2 aliphatic rings. The molecule has 0 saturated carbocycles. The summed E-state index contributed by atoms with van der Waals surface area (Å²) in [5, 5.41) is 32.2. The lowest BCUT2D eigenvalue weighted by atomic mass is 10.0. The Bertz CT molecular complexity index is 1500. The topological polar surface area (TPSA) is 157 Å². The van der Waals surface area contributed by atoms with Gasteiger partial charge in [0.2, 0.25) is 11.6 Å². The molecule has 0 unspecified atom stereocenters. The summed E-state index contributed by atoms with van der Waals surface area (Å²) in [4.78, 5) is 18.7. The summed E-state index contributed by atoms with van der Waals surface area (Å²) in [6.07, 6.45) is -0.236. The van der Waals surface area contributed by atoms with E-state index >= 15 is 0 Å². The molecule has 2 aromatic heterocycles. The molecule has 2 saturated heterocycles. The molecule has 0 spiro atoms. The van der Waals surface area contributed by atoms with E-state index in [-0.39, 0.29) is 6.09 Å². The average molecular weight is 617 g/mol. The van der Waals surface area contributed by atoms with Gasteiger partial charge in [-0.3, -0.25) is 9.80 Å². The third kappa shape index (κ3) is 9.12. The summed E-state index contributed by atoms with van der Waals surface area (Å²) in [6, 6.07) is 12.7. The van der Waals surface area contributed by atoms with Crippen LogP contribution in [-0.2, 0) is 17.8 Å². The Morgan fingerprint density at radius 1 is 0.756 bits per heavy atom. The first-order valence-corrected chi connectivity index (χ1v) is 15.4. The van der Waals surface area contributed by atoms with Gasteiger partial charge in [0.1, 0.15) is 5.60 Å². The Kier molecular flexibility index (Phi) is 10.5. The number of nitrogens with one attached hydrogen (secondary N) is 3. The van der Waals surface area contributed by atoms with Crippen LogP contribution in [-0.4, -0.2) is 120 Å². The zero-order valence-corrected chi connectivity index (χ0v) is 26.9. The van der Waals surface area contributed by atoms with Gasteiger partial charge in [-0.15, -0.1) is 20.4 Å². The molecule has 4 aromatic rings. The molecule has 240 valence electrons. The van der Waals surface area contributed by atoms with Crippen molar-refractivity contribution in [2.45, 2.75) is 53.3 Å². The number of piperazine rings is 2. The van der Waals surface area contributed by atoms with Crippen molar-refractivity contribution in [1.29, 1.82) is 0 Å². The molecule has 14 heteroatoms. The highest BCUT2D eigenvalue weighted by molar-refractivity contribution is 5.68. The van der Waals surface area contributed by atoms with E-state index in [0.717, 1.165) is 74.6 Å². The zero-order valence-electron chi connectivity index (χ0n) is 26.9. The molecule has 0 aliphatic carbocycles. The lowest BCUT2D eigenvalue weighted by Crippen LogP contribution is -2.49. The number of carbonyl (C=O) groups excluding carboxylic acids is 1. The van der Waals surface area contributed by atoms with Crippen LogP contribution in [0, 0.1) is 13.8 Å². The van der Waals surface area contributed by atoms with Gasteiger partial charge in [0.15, 0.2) is 0 Å². The Hall–Kier alpha value is -4.27. The van der Waals surface area contributed by atoms with Crippen molar-refractivity contribution in [3.63, 3.8) is 0 Å². The first kappa shape index (κ1) is 32.1. The van der Waals surface area contributed by atoms with Crippen LogP contribution >= 0.6 is 0 Å². The predicted molar refractivity (Wildman–Crippen MR) is 170 cm³/mol. The minimum absolute atomic E-state index is 0.236. The number of aromatic amines is 2. The lowest BCUT2D eigenvalue weighted by Gasteiger charge is -2.35. The van der Waals surface area contributed by atoms with Crippen LogP contribution < -0.4 is 5.32 Å². The van der Waals surface area contributed by atoms with Gasteiger partial charge in [-0.2, -0.15) is 10.4 Å². The molecule has 14 nitrogen and oxygen atoms in total. The zero-order chi connectivity index (χ0) is 31.8. The molecular formula is C31H44N12O2. The number of ether oxygens (including phenoxy) is 1. The van der Waals surface area contributed by atoms with Gasteiger partial charge in [0.05, 0.1) is 0 Å². The van der Waals surface area contributed by atoms with Gasteiger partial charge in [-0.25, -0.2) is 4.79 Å². The number of aromatic nitrogens is 8. The molecule has 0 bridgehead atoms. The Morgan fingerprint density at radius 3 is 1.69 bits per heavy atom. The van der Waals surface area contributed by atoms with E-state index in [0.29, 0.717) is 24.7 Å². The second-order valence-corrected chi connectivity index (χ2v) is 12.6. The number of tetrazole rings is 2. The third-order valence-corrected chi connectivity index (χ3v) is 7.72. The molecular weight excluding hydrogens is 572 g/mol. The number of aryl methyl sites for hydroxylation is 2. The smallest absolute Gasteiger partial charge is 0.410 e. The van der Waals surface area contributed by atoms with Crippen molar-refractivity contribution < 1.29 is 9.53 Å². The van der Waals surface area contributed by atoms with Gasteiger partial charge < -0.3 is 15.0 Å². The molecule has 45 heavy (non-hydrogen) atoms. The highest BCUT2D eigenvalue weighted by Crippen LogP contribution is 2.24. The number of amides is 1. The fraction of sp³-hybridized carbons (Fsp3) is 0.516. The highest BCUT2D eigenvalue weighted by Gasteiger charge is 2.26. The highest BCUT2D eigenvalue weighted by atomic mass is 16.6. The number of nitrogens with zero attached hydrogens (tertiary/aromatic N) is 9. The van der Waals surface area contributed by atoms with Crippen LogP contribution in [0.5, 0.6) is 0 Å². The summed E-state index contributed by atoms with van der Waals surface area (Å²) in [7, 11) is 0. The second-order valence-electron chi connectivity index (χ2n) is 12.6. The molecule has 1 amide bonds. The minimum Gasteiger partial charge on any atom is -0.444 e. The summed E-state index contributed by atoms with van der Waals surface area (Å²) < 4.78 is 5.45. The number of H-pyrrole nitrogens is 2. The molecule has 3 N–H and O–H groups in total. The van der Waals surface area contributed by atoms with Crippen molar-refractivity contribution in [2.75, 3.05) is 52.4 Å². The maximum Gasteiger partial charge on any atom is 0.410 e. The van der Waals surface area contributed by atoms with Gasteiger partial charge >= 0.3 is 6.09 Å². The Labute approximate surface area is 263 Å². The maximum atomic E-state index is 12.2. The van der Waals surface area contributed by atoms with Gasteiger partial charge in [-0.05, 0) is 68.3 Å². The van der Waals surface area contributed by atoms with E-state index in [9.17, 15) is 4.79 Å². The van der Waals surface area contributed by atoms with Crippen molar-refractivity contribution in [1.82, 2.24) is 61.3 Å². The van der Waals surface area contributed by atoms with Crippen molar-refractivity contribution >= 4 is 6.09 Å². The average Bonchev–Trinajstić information content (AvgIpc) is 3.75. The summed E-state index contributed by atoms with van der Waals surface area (Å²) in [6.45, 7) is 18.7. The number of rotatable bonds is 6. The van der Waals surface area contributed by atoms with Crippen LogP contribution in [0.25, 0.3) is 22.8 Å². The van der Waals surface area contributed by atoms with Crippen LogP contribution in [0.15, 0.2) is 36.4 Å². The molecule has 2 aromatic carbocycles. The molecule has 2 fully saturated rings. The number of hydrogen-bond donors (Lipinski definition) is 3. The quantitative estimate of drug-likeness (QED) is 0.293. The second kappa shape index (κ2) is 14.7. The first-order chi connectivity index (χ1) is 21.6. The van der Waals surface area contributed by atoms with E-state index in [1.54, 1.807) is 4.90 Å². The van der Waals surface area contributed by atoms with Crippen LogP contribution in [0.2, 0.25) is 0 Å². The Morgan fingerprint density at radius 2 is 1.24 bits per heavy atom. The summed E-state index contributed by atoms with van der Waals surface area (Å²) in [5.41, 5.74) is 6.39. The van der Waals surface area contributed by atoms with Crippen molar-refractivity contribution in [3.8, 4) is 22.8 Å². The number of benzene rings is 2. The fourth-order valence-electron chi connectivity index (χ4n) is 5.39. The van der Waals surface area contributed by atoms with E-state index in [1.807, 2.05) is 27.7 Å². The van der Waals surface area contributed by atoms with Crippen molar-refractivity contribution in [3.05, 3.63) is 58.7 Å². The SMILES string of the molecule is Cc1ccc(CN2CCN(C(=O)OC(C)(C)C)CC2)c(-c2nn[nH]n2)c1.Cc1ccc(CN2CCNCC2)c(-c2nn[nH]n2)c1. The van der Waals surface area contributed by atoms with Gasteiger partial charge in [0, 0.05) is 76.6 Å². The molecule has 6 rings (SSSR count). The van der Waals surface area contributed by atoms with Crippen LogP contribution in [0.3, 0.4) is 0 Å². The predicted octanol–water partition coefficient (Wildman–Crippen LogP) is 2.81. The summed E-state index contributed by atoms with van der Waals surface area (Å²) >= 11 is 0. The summed E-state index contributed by atoms with van der Waals surface area (Å²) in [5.74, 6) is 1.28. The fourth-order valence-corrected chi connectivity index (χ4v) is 5.39. The van der Waals surface area contributed by atoms with Crippen LogP contribution in [0.1, 0.15) is 43.0 Å². The molecule has 2 aliphatic heterocycles. The van der Waals surface area contributed by atoms with Gasteiger partial charge in [-0.1, -0.05) is 35.4 Å². The van der Waals surface area contributed by atoms with E-state index in [2.05, 4.69) is 99.7 Å². The number of carbonyl (C=O) groups is 1.